The zero-order chi connectivity index (χ0) is 20.1. The molecule has 1 atom stereocenters. The van der Waals surface area contributed by atoms with Crippen LogP contribution in [0.2, 0.25) is 0 Å². The number of carbonyl (C=O) groups excluding carboxylic acids is 1. The zero-order valence-electron chi connectivity index (χ0n) is 16.2. The van der Waals surface area contributed by atoms with Gasteiger partial charge in [-0.3, -0.25) is 10.1 Å². The fraction of sp³-hybridized carbons (Fsp3) is 0.238. The van der Waals surface area contributed by atoms with E-state index in [0.29, 0.717) is 28.1 Å². The Hall–Kier alpha value is -3.06. The van der Waals surface area contributed by atoms with Gasteiger partial charge in [0.2, 0.25) is 0 Å². The molecular formula is C21H22N2O4S. The summed E-state index contributed by atoms with van der Waals surface area (Å²) in [5.41, 5.74) is 2.56. The summed E-state index contributed by atoms with van der Waals surface area (Å²) in [6.45, 7) is 3.68. The summed E-state index contributed by atoms with van der Waals surface area (Å²) in [4.78, 5) is 17.0. The van der Waals surface area contributed by atoms with Crippen molar-refractivity contribution in [2.45, 2.75) is 20.0 Å². The number of nitrogens with one attached hydrogen (secondary N) is 1. The molecule has 0 fully saturated rings. The van der Waals surface area contributed by atoms with Gasteiger partial charge < -0.3 is 14.2 Å². The molecule has 7 heteroatoms. The summed E-state index contributed by atoms with van der Waals surface area (Å²) in [5.74, 6) is 1.78. The normalized spacial score (nSPS) is 11.6. The Morgan fingerprint density at radius 1 is 1.11 bits per heavy atom. The highest BCUT2D eigenvalue weighted by molar-refractivity contribution is 7.14. The third kappa shape index (κ3) is 4.61. The first-order chi connectivity index (χ1) is 13.5. The average Bonchev–Trinajstić information content (AvgIpc) is 3.15. The van der Waals surface area contributed by atoms with E-state index >= 15 is 0 Å². The second-order valence-corrected chi connectivity index (χ2v) is 7.03. The Morgan fingerprint density at radius 2 is 1.93 bits per heavy atom. The van der Waals surface area contributed by atoms with Crippen molar-refractivity contribution in [3.8, 4) is 28.5 Å². The summed E-state index contributed by atoms with van der Waals surface area (Å²) in [6, 6.07) is 13.1. The molecule has 3 aromatic rings. The first kappa shape index (κ1) is 19.7. The van der Waals surface area contributed by atoms with Crippen LogP contribution in [-0.2, 0) is 4.79 Å². The maximum absolute atomic E-state index is 12.5. The van der Waals surface area contributed by atoms with Crippen LogP contribution < -0.4 is 19.5 Å². The molecule has 0 aliphatic carbocycles. The topological polar surface area (TPSA) is 69.7 Å². The fourth-order valence-electron chi connectivity index (χ4n) is 2.62. The molecule has 2 aromatic carbocycles. The van der Waals surface area contributed by atoms with E-state index in [1.54, 1.807) is 21.1 Å². The molecule has 1 N–H and O–H groups in total. The van der Waals surface area contributed by atoms with Gasteiger partial charge >= 0.3 is 0 Å². The van der Waals surface area contributed by atoms with Crippen molar-refractivity contribution in [2.24, 2.45) is 0 Å². The summed E-state index contributed by atoms with van der Waals surface area (Å²) in [5, 5.41) is 5.15. The number of rotatable bonds is 7. The van der Waals surface area contributed by atoms with Crippen molar-refractivity contribution in [3.05, 3.63) is 53.4 Å². The van der Waals surface area contributed by atoms with Crippen LogP contribution in [0.1, 0.15) is 12.5 Å². The minimum atomic E-state index is -0.652. The lowest BCUT2D eigenvalue weighted by Gasteiger charge is -2.14. The van der Waals surface area contributed by atoms with Gasteiger partial charge in [-0.05, 0) is 49.7 Å². The van der Waals surface area contributed by atoms with E-state index in [1.807, 2.05) is 54.8 Å². The maximum atomic E-state index is 12.5. The number of carbonyl (C=O) groups is 1. The standard InChI is InChI=1S/C21H22N2O4S/c1-13-6-5-7-16(10-13)27-14(2)20(24)23-21-22-18(12-28-21)17-11-15(25-3)8-9-19(17)26-4/h5-12,14H,1-4H3,(H,22,23,24). The number of benzene rings is 2. The SMILES string of the molecule is COc1ccc(OC)c(-c2csc(NC(=O)C(C)Oc3cccc(C)c3)n2)c1. The van der Waals surface area contributed by atoms with Crippen LogP contribution in [0.25, 0.3) is 11.3 Å². The van der Waals surface area contributed by atoms with E-state index in [4.69, 9.17) is 14.2 Å². The summed E-state index contributed by atoms with van der Waals surface area (Å²) in [6.07, 6.45) is -0.652. The number of amides is 1. The highest BCUT2D eigenvalue weighted by Gasteiger charge is 2.18. The number of thiazole rings is 1. The van der Waals surface area contributed by atoms with Gasteiger partial charge in [0.1, 0.15) is 17.2 Å². The molecule has 0 saturated heterocycles. The summed E-state index contributed by atoms with van der Waals surface area (Å²) < 4.78 is 16.4. The lowest BCUT2D eigenvalue weighted by atomic mass is 10.1. The van der Waals surface area contributed by atoms with Crippen LogP contribution in [0, 0.1) is 6.92 Å². The van der Waals surface area contributed by atoms with E-state index < -0.39 is 6.10 Å². The minimum Gasteiger partial charge on any atom is -0.497 e. The van der Waals surface area contributed by atoms with Gasteiger partial charge in [0.15, 0.2) is 11.2 Å². The van der Waals surface area contributed by atoms with Crippen LogP contribution in [0.15, 0.2) is 47.8 Å². The molecule has 0 radical (unpaired) electrons. The van der Waals surface area contributed by atoms with Crippen molar-refractivity contribution < 1.29 is 19.0 Å². The smallest absolute Gasteiger partial charge is 0.266 e. The van der Waals surface area contributed by atoms with Gasteiger partial charge in [-0.1, -0.05) is 12.1 Å². The molecule has 0 aliphatic heterocycles. The van der Waals surface area contributed by atoms with Gasteiger partial charge in [-0.25, -0.2) is 4.98 Å². The van der Waals surface area contributed by atoms with Crippen LogP contribution in [0.4, 0.5) is 5.13 Å². The van der Waals surface area contributed by atoms with E-state index in [1.165, 1.54) is 11.3 Å². The van der Waals surface area contributed by atoms with Gasteiger partial charge in [-0.15, -0.1) is 11.3 Å². The molecular weight excluding hydrogens is 376 g/mol. The number of anilines is 1. The molecule has 3 rings (SSSR count). The number of ether oxygens (including phenoxy) is 3. The van der Waals surface area contributed by atoms with Crippen LogP contribution in [-0.4, -0.2) is 31.2 Å². The Kier molecular flexibility index (Phi) is 6.16. The Bertz CT molecular complexity index is 971. The minimum absolute atomic E-state index is 0.264. The summed E-state index contributed by atoms with van der Waals surface area (Å²) in [7, 11) is 3.21. The third-order valence-electron chi connectivity index (χ3n) is 4.09. The number of methoxy groups -OCH3 is 2. The largest absolute Gasteiger partial charge is 0.497 e. The molecule has 0 saturated carbocycles. The predicted octanol–water partition coefficient (Wildman–Crippen LogP) is 4.54. The lowest BCUT2D eigenvalue weighted by molar-refractivity contribution is -0.122. The predicted molar refractivity (Wildman–Crippen MR) is 111 cm³/mol. The van der Waals surface area contributed by atoms with Crippen molar-refractivity contribution in [1.82, 2.24) is 4.98 Å². The van der Waals surface area contributed by atoms with Crippen molar-refractivity contribution in [3.63, 3.8) is 0 Å². The van der Waals surface area contributed by atoms with Gasteiger partial charge in [0.25, 0.3) is 5.91 Å². The fourth-order valence-corrected chi connectivity index (χ4v) is 3.34. The second-order valence-electron chi connectivity index (χ2n) is 6.17. The molecule has 1 amide bonds. The first-order valence-corrected chi connectivity index (χ1v) is 9.60. The molecule has 146 valence electrons. The number of aryl methyl sites for hydroxylation is 1. The van der Waals surface area contributed by atoms with E-state index in [-0.39, 0.29) is 5.91 Å². The highest BCUT2D eigenvalue weighted by atomic mass is 32.1. The molecule has 0 spiro atoms. The second kappa shape index (κ2) is 8.75. The van der Waals surface area contributed by atoms with Gasteiger partial charge in [0.05, 0.1) is 19.9 Å². The van der Waals surface area contributed by atoms with Crippen LogP contribution in [0.5, 0.6) is 17.2 Å². The average molecular weight is 398 g/mol. The van der Waals surface area contributed by atoms with Gasteiger partial charge in [-0.2, -0.15) is 0 Å². The molecule has 1 heterocycles. The zero-order valence-corrected chi connectivity index (χ0v) is 17.0. The first-order valence-electron chi connectivity index (χ1n) is 8.72. The van der Waals surface area contributed by atoms with Gasteiger partial charge in [0, 0.05) is 10.9 Å². The Labute approximate surface area is 168 Å². The number of nitrogens with zero attached hydrogens (tertiary/aromatic N) is 1. The van der Waals surface area contributed by atoms with E-state index in [0.717, 1.165) is 11.1 Å². The summed E-state index contributed by atoms with van der Waals surface area (Å²) >= 11 is 1.34. The van der Waals surface area contributed by atoms with E-state index in [9.17, 15) is 4.79 Å². The van der Waals surface area contributed by atoms with Crippen LogP contribution in [0.3, 0.4) is 0 Å². The third-order valence-corrected chi connectivity index (χ3v) is 4.85. The number of aromatic nitrogens is 1. The molecule has 28 heavy (non-hydrogen) atoms. The monoisotopic (exact) mass is 398 g/mol. The highest BCUT2D eigenvalue weighted by Crippen LogP contribution is 2.35. The Balaban J connectivity index is 1.71. The Morgan fingerprint density at radius 3 is 2.64 bits per heavy atom. The van der Waals surface area contributed by atoms with Crippen molar-refractivity contribution >= 4 is 22.4 Å². The van der Waals surface area contributed by atoms with Crippen molar-refractivity contribution in [1.29, 1.82) is 0 Å². The molecule has 1 unspecified atom stereocenters. The van der Waals surface area contributed by atoms with E-state index in [2.05, 4.69) is 10.3 Å². The molecule has 0 bridgehead atoms. The molecule has 1 aromatic heterocycles. The van der Waals surface area contributed by atoms with Crippen molar-refractivity contribution in [2.75, 3.05) is 19.5 Å². The molecule has 0 aliphatic rings. The van der Waals surface area contributed by atoms with Crippen LogP contribution >= 0.6 is 11.3 Å². The number of hydrogen-bond donors (Lipinski definition) is 1. The molecule has 6 nitrogen and oxygen atoms in total. The maximum Gasteiger partial charge on any atom is 0.266 e. The lowest BCUT2D eigenvalue weighted by Crippen LogP contribution is -2.30. The number of hydrogen-bond acceptors (Lipinski definition) is 6. The quantitative estimate of drug-likeness (QED) is 0.633.